The summed E-state index contributed by atoms with van der Waals surface area (Å²) in [7, 11) is 0. The van der Waals surface area contributed by atoms with Gasteiger partial charge in [-0.05, 0) is 29.8 Å². The maximum atomic E-state index is 10.4. The van der Waals surface area contributed by atoms with Crippen LogP contribution >= 0.6 is 0 Å². The number of carbonyl (C=O) groups is 1. The van der Waals surface area contributed by atoms with Crippen LogP contribution in [0.1, 0.15) is 12.0 Å². The molecule has 0 amide bonds. The molecule has 4 nitrogen and oxygen atoms in total. The van der Waals surface area contributed by atoms with Crippen molar-refractivity contribution in [1.29, 1.82) is 0 Å². The van der Waals surface area contributed by atoms with Gasteiger partial charge in [0.2, 0.25) is 0 Å². The van der Waals surface area contributed by atoms with Crippen LogP contribution < -0.4 is 9.47 Å². The molecule has 4 heteroatoms. The number of carboxylic acids is 1. The van der Waals surface area contributed by atoms with Crippen LogP contribution in [0.2, 0.25) is 0 Å². The Hall–Kier alpha value is -2.49. The Balaban J connectivity index is 1.81. The lowest BCUT2D eigenvalue weighted by molar-refractivity contribution is -0.137. The van der Waals surface area contributed by atoms with Gasteiger partial charge in [-0.25, -0.2) is 0 Å². The molecule has 2 aromatic carbocycles. The molecule has 1 N–H and O–H groups in total. The molecule has 20 heavy (non-hydrogen) atoms. The molecule has 0 atom stereocenters. The molecular formula is C16H16O4. The van der Waals surface area contributed by atoms with Gasteiger partial charge >= 0.3 is 5.97 Å². The predicted octanol–water partition coefficient (Wildman–Crippen LogP) is 3.12. The van der Waals surface area contributed by atoms with E-state index in [-0.39, 0.29) is 13.0 Å². The van der Waals surface area contributed by atoms with Gasteiger partial charge in [-0.3, -0.25) is 4.79 Å². The highest BCUT2D eigenvalue weighted by molar-refractivity contribution is 5.66. The Labute approximate surface area is 117 Å². The average Bonchev–Trinajstić information content (AvgIpc) is 2.47. The zero-order chi connectivity index (χ0) is 14.2. The first-order valence-corrected chi connectivity index (χ1v) is 6.35. The van der Waals surface area contributed by atoms with Gasteiger partial charge in [0.1, 0.15) is 18.1 Å². The Bertz CT molecular complexity index is 534. The Morgan fingerprint density at radius 3 is 2.10 bits per heavy atom. The molecule has 2 aromatic rings. The molecule has 0 heterocycles. The van der Waals surface area contributed by atoms with Crippen LogP contribution in [0.5, 0.6) is 11.5 Å². The van der Waals surface area contributed by atoms with Crippen LogP contribution in [0.15, 0.2) is 54.6 Å². The van der Waals surface area contributed by atoms with Crippen molar-refractivity contribution in [2.75, 3.05) is 6.61 Å². The van der Waals surface area contributed by atoms with Gasteiger partial charge in [-0.1, -0.05) is 30.3 Å². The van der Waals surface area contributed by atoms with Gasteiger partial charge in [0.15, 0.2) is 0 Å². The highest BCUT2D eigenvalue weighted by Gasteiger charge is 2.00. The SMILES string of the molecule is O=C(O)CCOc1ccc(OCc2ccccc2)cc1. The molecule has 0 aliphatic rings. The number of aliphatic carboxylic acids is 1. The van der Waals surface area contributed by atoms with Gasteiger partial charge in [0.25, 0.3) is 0 Å². The molecule has 0 fully saturated rings. The summed E-state index contributed by atoms with van der Waals surface area (Å²) < 4.78 is 10.9. The lowest BCUT2D eigenvalue weighted by Crippen LogP contribution is -2.04. The summed E-state index contributed by atoms with van der Waals surface area (Å²) in [5.74, 6) is 0.519. The number of carboxylic acid groups (broad SMARTS) is 1. The van der Waals surface area contributed by atoms with Crippen molar-refractivity contribution in [3.8, 4) is 11.5 Å². The zero-order valence-corrected chi connectivity index (χ0v) is 11.0. The van der Waals surface area contributed by atoms with E-state index in [4.69, 9.17) is 14.6 Å². The molecular weight excluding hydrogens is 256 g/mol. The summed E-state index contributed by atoms with van der Waals surface area (Å²) in [6.45, 7) is 0.680. The van der Waals surface area contributed by atoms with Crippen molar-refractivity contribution in [1.82, 2.24) is 0 Å². The van der Waals surface area contributed by atoms with Crippen LogP contribution in [-0.4, -0.2) is 17.7 Å². The predicted molar refractivity (Wildman–Crippen MR) is 75.0 cm³/mol. The molecule has 0 aromatic heterocycles. The van der Waals surface area contributed by atoms with E-state index in [2.05, 4.69) is 0 Å². The second-order valence-corrected chi connectivity index (χ2v) is 4.24. The first kappa shape index (κ1) is 13.9. The summed E-state index contributed by atoms with van der Waals surface area (Å²) in [6.07, 6.45) is -0.00768. The normalized spacial score (nSPS) is 10.0. The molecule has 0 saturated carbocycles. The molecule has 0 saturated heterocycles. The number of hydrogen-bond donors (Lipinski definition) is 1. The largest absolute Gasteiger partial charge is 0.493 e. The minimum atomic E-state index is -0.868. The monoisotopic (exact) mass is 272 g/mol. The summed E-state index contributed by atoms with van der Waals surface area (Å²) in [5, 5.41) is 8.51. The topological polar surface area (TPSA) is 55.8 Å². The Morgan fingerprint density at radius 1 is 0.900 bits per heavy atom. The van der Waals surface area contributed by atoms with Gasteiger partial charge in [-0.15, -0.1) is 0 Å². The van der Waals surface area contributed by atoms with Gasteiger partial charge in [-0.2, -0.15) is 0 Å². The molecule has 104 valence electrons. The molecule has 0 radical (unpaired) electrons. The molecule has 0 bridgehead atoms. The maximum absolute atomic E-state index is 10.4. The molecule has 2 rings (SSSR count). The van der Waals surface area contributed by atoms with Crippen LogP contribution in [0.3, 0.4) is 0 Å². The lowest BCUT2D eigenvalue weighted by atomic mass is 10.2. The van der Waals surface area contributed by atoms with Crippen molar-refractivity contribution in [2.45, 2.75) is 13.0 Å². The third-order valence-corrected chi connectivity index (χ3v) is 2.66. The third-order valence-electron chi connectivity index (χ3n) is 2.66. The summed E-state index contributed by atoms with van der Waals surface area (Å²) in [6, 6.07) is 17.1. The van der Waals surface area contributed by atoms with E-state index in [1.807, 2.05) is 30.3 Å². The number of ether oxygens (including phenoxy) is 2. The number of rotatable bonds is 7. The van der Waals surface area contributed by atoms with Crippen molar-refractivity contribution in [3.63, 3.8) is 0 Å². The van der Waals surface area contributed by atoms with Gasteiger partial charge in [0.05, 0.1) is 13.0 Å². The van der Waals surface area contributed by atoms with Crippen LogP contribution in [-0.2, 0) is 11.4 Å². The van der Waals surface area contributed by atoms with Crippen LogP contribution in [0.4, 0.5) is 0 Å². The number of hydrogen-bond acceptors (Lipinski definition) is 3. The quantitative estimate of drug-likeness (QED) is 0.841. The van der Waals surface area contributed by atoms with E-state index in [1.54, 1.807) is 24.3 Å². The number of benzene rings is 2. The smallest absolute Gasteiger partial charge is 0.306 e. The first-order valence-electron chi connectivity index (χ1n) is 6.35. The van der Waals surface area contributed by atoms with E-state index in [9.17, 15) is 4.79 Å². The van der Waals surface area contributed by atoms with Crippen molar-refractivity contribution in [2.24, 2.45) is 0 Å². The molecule has 0 aliphatic carbocycles. The highest BCUT2D eigenvalue weighted by atomic mass is 16.5. The van der Waals surface area contributed by atoms with Crippen LogP contribution in [0.25, 0.3) is 0 Å². The fourth-order valence-corrected chi connectivity index (χ4v) is 1.63. The van der Waals surface area contributed by atoms with E-state index >= 15 is 0 Å². The van der Waals surface area contributed by atoms with Gasteiger partial charge < -0.3 is 14.6 Å². The van der Waals surface area contributed by atoms with E-state index < -0.39 is 5.97 Å². The third kappa shape index (κ3) is 4.65. The first-order chi connectivity index (χ1) is 9.74. The fraction of sp³-hybridized carbons (Fsp3) is 0.188. The Kier molecular flexibility index (Phi) is 5.00. The van der Waals surface area contributed by atoms with Crippen molar-refractivity contribution in [3.05, 3.63) is 60.2 Å². The minimum absolute atomic E-state index is 0.00768. The minimum Gasteiger partial charge on any atom is -0.493 e. The van der Waals surface area contributed by atoms with Gasteiger partial charge in [0, 0.05) is 0 Å². The van der Waals surface area contributed by atoms with E-state index in [0.717, 1.165) is 11.3 Å². The standard InChI is InChI=1S/C16H16O4/c17-16(18)10-11-19-14-6-8-15(9-7-14)20-12-13-4-2-1-3-5-13/h1-9H,10-12H2,(H,17,18). The highest BCUT2D eigenvalue weighted by Crippen LogP contribution is 2.18. The lowest BCUT2D eigenvalue weighted by Gasteiger charge is -2.08. The van der Waals surface area contributed by atoms with E-state index in [1.165, 1.54) is 0 Å². The maximum Gasteiger partial charge on any atom is 0.306 e. The summed E-state index contributed by atoms with van der Waals surface area (Å²) in [4.78, 5) is 10.4. The Morgan fingerprint density at radius 2 is 1.50 bits per heavy atom. The second kappa shape index (κ2) is 7.19. The molecule has 0 spiro atoms. The van der Waals surface area contributed by atoms with Crippen molar-refractivity contribution >= 4 is 5.97 Å². The van der Waals surface area contributed by atoms with E-state index in [0.29, 0.717) is 12.4 Å². The molecule has 0 unspecified atom stereocenters. The molecule has 0 aliphatic heterocycles. The zero-order valence-electron chi connectivity index (χ0n) is 11.0. The fourth-order valence-electron chi connectivity index (χ4n) is 1.63. The van der Waals surface area contributed by atoms with Crippen LogP contribution in [0, 0.1) is 0 Å². The summed E-state index contributed by atoms with van der Waals surface area (Å²) in [5.41, 5.74) is 1.11. The second-order valence-electron chi connectivity index (χ2n) is 4.24. The van der Waals surface area contributed by atoms with Crippen molar-refractivity contribution < 1.29 is 19.4 Å². The summed E-state index contributed by atoms with van der Waals surface area (Å²) >= 11 is 0. The average molecular weight is 272 g/mol.